The van der Waals surface area contributed by atoms with Crippen LogP contribution in [-0.2, 0) is 6.54 Å². The lowest BCUT2D eigenvalue weighted by Crippen LogP contribution is -2.00. The number of benzene rings is 2. The minimum Gasteiger partial charge on any atom is -0.379 e. The molecule has 2 aromatic rings. The van der Waals surface area contributed by atoms with E-state index in [1.165, 1.54) is 12.1 Å². The van der Waals surface area contributed by atoms with E-state index in [4.69, 9.17) is 23.2 Å². The molecule has 0 aliphatic heterocycles. The molecule has 0 aliphatic carbocycles. The number of hydrogen-bond donors (Lipinski definition) is 1. The first-order valence-corrected chi connectivity index (χ1v) is 5.85. The van der Waals surface area contributed by atoms with Crippen molar-refractivity contribution >= 4 is 28.9 Å². The van der Waals surface area contributed by atoms with E-state index in [0.717, 1.165) is 5.56 Å². The maximum absolute atomic E-state index is 13.0. The zero-order valence-corrected chi connectivity index (χ0v) is 10.4. The quantitative estimate of drug-likeness (QED) is 0.849. The van der Waals surface area contributed by atoms with Crippen LogP contribution in [0.1, 0.15) is 5.56 Å². The molecule has 0 saturated carbocycles. The Morgan fingerprint density at radius 1 is 1.00 bits per heavy atom. The van der Waals surface area contributed by atoms with Crippen LogP contribution in [0, 0.1) is 5.82 Å². The van der Waals surface area contributed by atoms with Gasteiger partial charge in [-0.2, -0.15) is 0 Å². The monoisotopic (exact) mass is 269 g/mol. The number of rotatable bonds is 3. The van der Waals surface area contributed by atoms with Crippen molar-refractivity contribution in [3.63, 3.8) is 0 Å². The van der Waals surface area contributed by atoms with Crippen molar-refractivity contribution in [3.8, 4) is 0 Å². The van der Waals surface area contributed by atoms with Gasteiger partial charge in [0, 0.05) is 6.54 Å². The third-order valence-electron chi connectivity index (χ3n) is 2.32. The molecule has 0 atom stereocenters. The summed E-state index contributed by atoms with van der Waals surface area (Å²) in [6.45, 7) is 0.473. The van der Waals surface area contributed by atoms with Crippen molar-refractivity contribution in [1.29, 1.82) is 0 Å². The first-order chi connectivity index (χ1) is 8.16. The minimum atomic E-state index is -0.255. The number of para-hydroxylation sites is 1. The molecule has 0 spiro atoms. The number of halogens is 3. The molecule has 2 aromatic carbocycles. The first-order valence-electron chi connectivity index (χ1n) is 5.09. The number of hydrogen-bond acceptors (Lipinski definition) is 1. The Morgan fingerprint density at radius 2 is 1.65 bits per heavy atom. The summed E-state index contributed by atoms with van der Waals surface area (Å²) >= 11 is 12.0. The highest BCUT2D eigenvalue weighted by atomic mass is 35.5. The Bertz CT molecular complexity index is 508. The summed E-state index contributed by atoms with van der Waals surface area (Å²) < 4.78 is 13.0. The average Bonchev–Trinajstić information content (AvgIpc) is 2.28. The van der Waals surface area contributed by atoms with Crippen LogP contribution in [0.2, 0.25) is 10.0 Å². The molecule has 88 valence electrons. The van der Waals surface area contributed by atoms with Crippen molar-refractivity contribution in [2.75, 3.05) is 5.32 Å². The summed E-state index contributed by atoms with van der Waals surface area (Å²) in [6.07, 6.45) is 0. The molecule has 17 heavy (non-hydrogen) atoms. The third kappa shape index (κ3) is 3.11. The van der Waals surface area contributed by atoms with Gasteiger partial charge in [-0.1, -0.05) is 41.4 Å². The smallest absolute Gasteiger partial charge is 0.123 e. The molecule has 0 heterocycles. The Hall–Kier alpha value is -1.25. The molecule has 4 heteroatoms. The van der Waals surface area contributed by atoms with Gasteiger partial charge < -0.3 is 5.32 Å². The highest BCUT2D eigenvalue weighted by Gasteiger charge is 2.04. The standard InChI is InChI=1S/C13H10Cl2FN/c14-11-5-2-6-12(15)13(11)17-8-9-3-1-4-10(16)7-9/h1-7,17H,8H2. The van der Waals surface area contributed by atoms with E-state index in [9.17, 15) is 4.39 Å². The van der Waals surface area contributed by atoms with Gasteiger partial charge in [-0.05, 0) is 29.8 Å². The van der Waals surface area contributed by atoms with Crippen molar-refractivity contribution in [2.24, 2.45) is 0 Å². The third-order valence-corrected chi connectivity index (χ3v) is 2.95. The van der Waals surface area contributed by atoms with Gasteiger partial charge in [0.15, 0.2) is 0 Å². The van der Waals surface area contributed by atoms with E-state index in [0.29, 0.717) is 22.3 Å². The van der Waals surface area contributed by atoms with E-state index in [-0.39, 0.29) is 5.82 Å². The van der Waals surface area contributed by atoms with Crippen LogP contribution >= 0.6 is 23.2 Å². The van der Waals surface area contributed by atoms with Gasteiger partial charge >= 0.3 is 0 Å². The zero-order chi connectivity index (χ0) is 12.3. The number of anilines is 1. The zero-order valence-electron chi connectivity index (χ0n) is 8.88. The maximum Gasteiger partial charge on any atom is 0.123 e. The molecule has 1 nitrogen and oxygen atoms in total. The summed E-state index contributed by atoms with van der Waals surface area (Å²) in [4.78, 5) is 0. The van der Waals surface area contributed by atoms with Crippen LogP contribution in [0.25, 0.3) is 0 Å². The largest absolute Gasteiger partial charge is 0.379 e. The van der Waals surface area contributed by atoms with Gasteiger partial charge in [-0.15, -0.1) is 0 Å². The highest BCUT2D eigenvalue weighted by Crippen LogP contribution is 2.30. The molecule has 0 fully saturated rings. The van der Waals surface area contributed by atoms with Crippen LogP contribution < -0.4 is 5.32 Å². The molecule has 0 radical (unpaired) electrons. The summed E-state index contributed by atoms with van der Waals surface area (Å²) in [5.74, 6) is -0.255. The van der Waals surface area contributed by atoms with Crippen LogP contribution in [0.15, 0.2) is 42.5 Å². The minimum absolute atomic E-state index is 0.255. The maximum atomic E-state index is 13.0. The molecule has 2 rings (SSSR count). The van der Waals surface area contributed by atoms with Gasteiger partial charge in [0.2, 0.25) is 0 Å². The first kappa shape index (κ1) is 12.2. The molecule has 0 aromatic heterocycles. The molecular formula is C13H10Cl2FN. The second-order valence-corrected chi connectivity index (χ2v) is 4.39. The molecule has 0 unspecified atom stereocenters. The Labute approximate surface area is 109 Å². The predicted molar refractivity (Wildman–Crippen MR) is 70.2 cm³/mol. The topological polar surface area (TPSA) is 12.0 Å². The van der Waals surface area contributed by atoms with Gasteiger partial charge in [-0.3, -0.25) is 0 Å². The lowest BCUT2D eigenvalue weighted by Gasteiger charge is -2.10. The lowest BCUT2D eigenvalue weighted by atomic mass is 10.2. The second kappa shape index (κ2) is 5.39. The van der Waals surface area contributed by atoms with Gasteiger partial charge in [0.1, 0.15) is 5.82 Å². The number of nitrogens with one attached hydrogen (secondary N) is 1. The summed E-state index contributed by atoms with van der Waals surface area (Å²) in [5, 5.41) is 4.19. The van der Waals surface area contributed by atoms with E-state index >= 15 is 0 Å². The van der Waals surface area contributed by atoms with E-state index in [2.05, 4.69) is 5.32 Å². The highest BCUT2D eigenvalue weighted by molar-refractivity contribution is 6.39. The van der Waals surface area contributed by atoms with Crippen LogP contribution in [-0.4, -0.2) is 0 Å². The Kier molecular flexibility index (Phi) is 3.87. The van der Waals surface area contributed by atoms with Crippen LogP contribution in [0.4, 0.5) is 10.1 Å². The van der Waals surface area contributed by atoms with E-state index in [1.54, 1.807) is 24.3 Å². The van der Waals surface area contributed by atoms with Crippen molar-refractivity contribution in [1.82, 2.24) is 0 Å². The second-order valence-electron chi connectivity index (χ2n) is 3.58. The fourth-order valence-electron chi connectivity index (χ4n) is 1.50. The fraction of sp³-hybridized carbons (Fsp3) is 0.0769. The van der Waals surface area contributed by atoms with Gasteiger partial charge in [0.25, 0.3) is 0 Å². The normalized spacial score (nSPS) is 10.3. The SMILES string of the molecule is Fc1cccc(CNc2c(Cl)cccc2Cl)c1. The molecule has 0 aliphatic rings. The average molecular weight is 270 g/mol. The van der Waals surface area contributed by atoms with Crippen molar-refractivity contribution in [3.05, 3.63) is 63.9 Å². The van der Waals surface area contributed by atoms with Crippen molar-refractivity contribution < 1.29 is 4.39 Å². The molecule has 0 saturated heterocycles. The van der Waals surface area contributed by atoms with Crippen molar-refractivity contribution in [2.45, 2.75) is 6.54 Å². The molecular weight excluding hydrogens is 260 g/mol. The predicted octanol–water partition coefficient (Wildman–Crippen LogP) is 4.74. The van der Waals surface area contributed by atoms with E-state index < -0.39 is 0 Å². The molecule has 0 amide bonds. The van der Waals surface area contributed by atoms with Crippen LogP contribution in [0.3, 0.4) is 0 Å². The van der Waals surface area contributed by atoms with E-state index in [1.807, 2.05) is 6.07 Å². The van der Waals surface area contributed by atoms with Gasteiger partial charge in [-0.25, -0.2) is 4.39 Å². The summed E-state index contributed by atoms with van der Waals surface area (Å²) in [5.41, 5.74) is 1.50. The lowest BCUT2D eigenvalue weighted by molar-refractivity contribution is 0.626. The van der Waals surface area contributed by atoms with Crippen LogP contribution in [0.5, 0.6) is 0 Å². The Morgan fingerprint density at radius 3 is 2.29 bits per heavy atom. The Balaban J connectivity index is 2.13. The molecule has 0 bridgehead atoms. The summed E-state index contributed by atoms with van der Waals surface area (Å²) in [7, 11) is 0. The summed E-state index contributed by atoms with van der Waals surface area (Å²) in [6, 6.07) is 11.7. The fourth-order valence-corrected chi connectivity index (χ4v) is 2.04. The van der Waals surface area contributed by atoms with Gasteiger partial charge in [0.05, 0.1) is 15.7 Å². The molecule has 1 N–H and O–H groups in total.